The van der Waals surface area contributed by atoms with Crippen LogP contribution in [-0.4, -0.2) is 31.2 Å². The number of carbonyl (C=O) groups is 1. The monoisotopic (exact) mass is 307 g/mol. The van der Waals surface area contributed by atoms with E-state index in [0.717, 1.165) is 41.2 Å². The average molecular weight is 307 g/mol. The second-order valence-corrected chi connectivity index (χ2v) is 5.80. The molecule has 0 fully saturated rings. The van der Waals surface area contributed by atoms with Crippen LogP contribution in [0.1, 0.15) is 16.7 Å². The van der Waals surface area contributed by atoms with Crippen molar-refractivity contribution in [3.63, 3.8) is 0 Å². The fourth-order valence-corrected chi connectivity index (χ4v) is 3.02. The van der Waals surface area contributed by atoms with E-state index in [2.05, 4.69) is 6.07 Å². The molecular formula is C19H17NO3. The Morgan fingerprint density at radius 2 is 1.91 bits per heavy atom. The molecule has 2 aromatic carbocycles. The molecule has 0 saturated heterocycles. The van der Waals surface area contributed by atoms with Crippen LogP contribution in [0.2, 0.25) is 0 Å². The van der Waals surface area contributed by atoms with Gasteiger partial charge in [-0.3, -0.25) is 4.79 Å². The molecule has 23 heavy (non-hydrogen) atoms. The fourth-order valence-electron chi connectivity index (χ4n) is 3.02. The molecule has 2 aliphatic rings. The van der Waals surface area contributed by atoms with Gasteiger partial charge in [-0.15, -0.1) is 0 Å². The number of nitrogens with zero attached hydrogens (tertiary/aromatic N) is 1. The third-order valence-electron chi connectivity index (χ3n) is 4.31. The summed E-state index contributed by atoms with van der Waals surface area (Å²) in [6.07, 6.45) is 2.81. The van der Waals surface area contributed by atoms with Gasteiger partial charge in [-0.25, -0.2) is 0 Å². The molecule has 2 heterocycles. The summed E-state index contributed by atoms with van der Waals surface area (Å²) in [6, 6.07) is 13.8. The van der Waals surface area contributed by atoms with Gasteiger partial charge in [0.05, 0.1) is 0 Å². The number of ether oxygens (including phenoxy) is 2. The van der Waals surface area contributed by atoms with Gasteiger partial charge in [0.25, 0.3) is 5.91 Å². The van der Waals surface area contributed by atoms with E-state index in [1.165, 1.54) is 5.56 Å². The molecule has 4 nitrogen and oxygen atoms in total. The maximum absolute atomic E-state index is 12.7. The van der Waals surface area contributed by atoms with Crippen LogP contribution in [0.3, 0.4) is 0 Å². The maximum Gasteiger partial charge on any atom is 0.254 e. The van der Waals surface area contributed by atoms with E-state index < -0.39 is 0 Å². The Hall–Kier alpha value is -2.75. The summed E-state index contributed by atoms with van der Waals surface area (Å²) in [4.78, 5) is 14.5. The average Bonchev–Trinajstić information content (AvgIpc) is 3.01. The van der Waals surface area contributed by atoms with E-state index >= 15 is 0 Å². The van der Waals surface area contributed by atoms with Crippen molar-refractivity contribution in [2.45, 2.75) is 6.42 Å². The summed E-state index contributed by atoms with van der Waals surface area (Å²) in [6.45, 7) is 0.980. The van der Waals surface area contributed by atoms with Crippen molar-refractivity contribution in [1.29, 1.82) is 0 Å². The zero-order valence-electron chi connectivity index (χ0n) is 12.9. The molecule has 0 atom stereocenters. The highest BCUT2D eigenvalue weighted by Crippen LogP contribution is 2.34. The fraction of sp³-hybridized carbons (Fsp3) is 0.211. The predicted molar refractivity (Wildman–Crippen MR) is 88.2 cm³/mol. The molecule has 0 aliphatic carbocycles. The SMILES string of the molecule is CN1CCc2ccccc2/C(=C/c2ccc3c(c2)OCO3)C1=O. The molecule has 0 spiro atoms. The molecule has 2 aliphatic heterocycles. The van der Waals surface area contributed by atoms with Gasteiger partial charge in [0.15, 0.2) is 11.5 Å². The van der Waals surface area contributed by atoms with Crippen molar-refractivity contribution in [1.82, 2.24) is 4.90 Å². The minimum Gasteiger partial charge on any atom is -0.454 e. The first-order valence-corrected chi connectivity index (χ1v) is 7.67. The highest BCUT2D eigenvalue weighted by atomic mass is 16.7. The van der Waals surface area contributed by atoms with Gasteiger partial charge in [-0.1, -0.05) is 30.3 Å². The molecule has 0 N–H and O–H groups in total. The van der Waals surface area contributed by atoms with Crippen molar-refractivity contribution in [3.8, 4) is 11.5 Å². The second kappa shape index (κ2) is 5.47. The first-order chi connectivity index (χ1) is 11.2. The van der Waals surface area contributed by atoms with Gasteiger partial charge < -0.3 is 14.4 Å². The molecule has 2 aromatic rings. The van der Waals surface area contributed by atoms with Crippen molar-refractivity contribution < 1.29 is 14.3 Å². The molecule has 0 saturated carbocycles. The Morgan fingerprint density at radius 3 is 2.83 bits per heavy atom. The number of fused-ring (bicyclic) bond motifs is 2. The number of benzene rings is 2. The van der Waals surface area contributed by atoms with Gasteiger partial charge in [0, 0.05) is 19.2 Å². The third-order valence-corrected chi connectivity index (χ3v) is 4.31. The first-order valence-electron chi connectivity index (χ1n) is 7.67. The maximum atomic E-state index is 12.7. The normalized spacial score (nSPS) is 18.0. The van der Waals surface area contributed by atoms with E-state index in [0.29, 0.717) is 0 Å². The van der Waals surface area contributed by atoms with E-state index in [4.69, 9.17) is 9.47 Å². The number of likely N-dealkylation sites (N-methyl/N-ethyl adjacent to an activating group) is 1. The molecule has 0 aromatic heterocycles. The lowest BCUT2D eigenvalue weighted by atomic mass is 9.97. The number of hydrogen-bond acceptors (Lipinski definition) is 3. The number of amides is 1. The standard InChI is InChI=1S/C19H17NO3/c1-20-9-8-14-4-2-3-5-15(14)16(19(20)21)10-13-6-7-17-18(11-13)23-12-22-17/h2-7,10-11H,8-9,12H2,1H3/b16-10-. The summed E-state index contributed by atoms with van der Waals surface area (Å²) in [5.74, 6) is 1.52. The largest absolute Gasteiger partial charge is 0.454 e. The van der Waals surface area contributed by atoms with Crippen LogP contribution >= 0.6 is 0 Å². The molecule has 4 rings (SSSR count). The zero-order valence-corrected chi connectivity index (χ0v) is 12.9. The lowest BCUT2D eigenvalue weighted by Gasteiger charge is -2.15. The molecule has 1 amide bonds. The minimum absolute atomic E-state index is 0.0487. The predicted octanol–water partition coefficient (Wildman–Crippen LogP) is 2.97. The van der Waals surface area contributed by atoms with Crippen LogP contribution in [0.4, 0.5) is 0 Å². The van der Waals surface area contributed by atoms with Gasteiger partial charge in [-0.2, -0.15) is 0 Å². The highest BCUT2D eigenvalue weighted by molar-refractivity contribution is 6.24. The first kappa shape index (κ1) is 13.9. The smallest absolute Gasteiger partial charge is 0.254 e. The lowest BCUT2D eigenvalue weighted by molar-refractivity contribution is -0.123. The second-order valence-electron chi connectivity index (χ2n) is 5.80. The number of rotatable bonds is 1. The van der Waals surface area contributed by atoms with E-state index in [1.54, 1.807) is 4.90 Å². The number of hydrogen-bond donors (Lipinski definition) is 0. The van der Waals surface area contributed by atoms with Gasteiger partial charge >= 0.3 is 0 Å². The quantitative estimate of drug-likeness (QED) is 0.760. The summed E-state index contributed by atoms with van der Waals surface area (Å²) >= 11 is 0. The summed E-state index contributed by atoms with van der Waals surface area (Å²) in [5.41, 5.74) is 3.87. The summed E-state index contributed by atoms with van der Waals surface area (Å²) < 4.78 is 10.8. The topological polar surface area (TPSA) is 38.8 Å². The summed E-state index contributed by atoms with van der Waals surface area (Å²) in [5, 5.41) is 0. The molecule has 0 bridgehead atoms. The van der Waals surface area contributed by atoms with Crippen molar-refractivity contribution in [3.05, 3.63) is 59.2 Å². The summed E-state index contributed by atoms with van der Waals surface area (Å²) in [7, 11) is 1.85. The molecule has 0 radical (unpaired) electrons. The van der Waals surface area contributed by atoms with Gasteiger partial charge in [-0.05, 0) is 41.3 Å². The van der Waals surface area contributed by atoms with Crippen LogP contribution in [0, 0.1) is 0 Å². The Kier molecular flexibility index (Phi) is 3.30. The van der Waals surface area contributed by atoms with Crippen LogP contribution in [-0.2, 0) is 11.2 Å². The molecular weight excluding hydrogens is 290 g/mol. The van der Waals surface area contributed by atoms with E-state index in [9.17, 15) is 4.79 Å². The molecule has 116 valence electrons. The van der Waals surface area contributed by atoms with E-state index in [-0.39, 0.29) is 12.7 Å². The Morgan fingerprint density at radius 1 is 1.09 bits per heavy atom. The van der Waals surface area contributed by atoms with Crippen LogP contribution in [0.25, 0.3) is 11.6 Å². The van der Waals surface area contributed by atoms with Crippen molar-refractivity contribution in [2.75, 3.05) is 20.4 Å². The molecule has 4 heteroatoms. The Labute approximate surface area is 134 Å². The minimum atomic E-state index is 0.0487. The van der Waals surface area contributed by atoms with Gasteiger partial charge in [0.2, 0.25) is 6.79 Å². The number of carbonyl (C=O) groups excluding carboxylic acids is 1. The van der Waals surface area contributed by atoms with Crippen LogP contribution in [0.5, 0.6) is 11.5 Å². The van der Waals surface area contributed by atoms with Crippen molar-refractivity contribution >= 4 is 17.6 Å². The third kappa shape index (κ3) is 2.46. The Bertz CT molecular complexity index is 810. The lowest BCUT2D eigenvalue weighted by Crippen LogP contribution is -2.27. The zero-order chi connectivity index (χ0) is 15.8. The van der Waals surface area contributed by atoms with Crippen LogP contribution in [0.15, 0.2) is 42.5 Å². The van der Waals surface area contributed by atoms with E-state index in [1.807, 2.05) is 49.5 Å². The van der Waals surface area contributed by atoms with Gasteiger partial charge in [0.1, 0.15) is 0 Å². The van der Waals surface area contributed by atoms with Crippen LogP contribution < -0.4 is 9.47 Å². The van der Waals surface area contributed by atoms with Crippen molar-refractivity contribution in [2.24, 2.45) is 0 Å². The Balaban J connectivity index is 1.83. The molecule has 0 unspecified atom stereocenters. The highest BCUT2D eigenvalue weighted by Gasteiger charge is 2.23.